The second-order valence-electron chi connectivity index (χ2n) is 13.2. The zero-order valence-electron chi connectivity index (χ0n) is 32.8. The molecule has 2 heterocycles. The van der Waals surface area contributed by atoms with Crippen LogP contribution in [-0.4, -0.2) is 28.7 Å². The average Bonchev–Trinajstić information content (AvgIpc) is 2.98. The van der Waals surface area contributed by atoms with Crippen LogP contribution in [0.25, 0.3) is 0 Å². The highest BCUT2D eigenvalue weighted by molar-refractivity contribution is 5.48. The molecule has 0 aliphatic rings. The highest BCUT2D eigenvalue weighted by Crippen LogP contribution is 2.24. The lowest BCUT2D eigenvalue weighted by molar-refractivity contribution is 0.469. The highest BCUT2D eigenvalue weighted by atomic mass is 16.2. The first-order valence-electron chi connectivity index (χ1n) is 16.6. The normalized spacial score (nSPS) is 10.3. The van der Waals surface area contributed by atoms with E-state index in [4.69, 9.17) is 0 Å². The number of aromatic nitrogens is 6. The van der Waals surface area contributed by atoms with Gasteiger partial charge in [0.25, 0.3) is 0 Å². The van der Waals surface area contributed by atoms with Gasteiger partial charge in [-0.25, -0.2) is 43.0 Å². The minimum Gasteiger partial charge on any atom is -0.248 e. The van der Waals surface area contributed by atoms with Crippen LogP contribution >= 0.6 is 0 Å². The Balaban J connectivity index is 0. The molecule has 0 fully saturated rings. The molecule has 0 unspecified atom stereocenters. The Labute approximate surface area is 279 Å². The summed E-state index contributed by atoms with van der Waals surface area (Å²) in [4.78, 5) is 45.3. The van der Waals surface area contributed by atoms with Crippen molar-refractivity contribution >= 4 is 0 Å². The van der Waals surface area contributed by atoms with Crippen LogP contribution in [0.15, 0.2) is 14.4 Å². The zero-order valence-corrected chi connectivity index (χ0v) is 32.8. The first-order chi connectivity index (χ1) is 21.0. The molecule has 0 aliphatic carbocycles. The van der Waals surface area contributed by atoms with Crippen LogP contribution in [0.1, 0.15) is 119 Å². The van der Waals surface area contributed by atoms with E-state index >= 15 is 0 Å². The van der Waals surface area contributed by atoms with Gasteiger partial charge in [-0.2, -0.15) is 0 Å². The summed E-state index contributed by atoms with van der Waals surface area (Å²) in [5, 5.41) is 0. The summed E-state index contributed by atoms with van der Waals surface area (Å²) in [6, 6.07) is 0. The summed E-state index contributed by atoms with van der Waals surface area (Å²) in [5.41, 5.74) is 6.90. The maximum absolute atomic E-state index is 11.1. The largest absolute Gasteiger partial charge is 0.335 e. The molecule has 0 saturated heterocycles. The van der Waals surface area contributed by atoms with Crippen molar-refractivity contribution < 1.29 is 0 Å². The van der Waals surface area contributed by atoms with E-state index in [0.717, 1.165) is 48.9 Å². The molecule has 3 aromatic rings. The van der Waals surface area contributed by atoms with E-state index in [1.165, 1.54) is 73.8 Å². The molecule has 0 atom stereocenters. The van der Waals surface area contributed by atoms with Crippen molar-refractivity contribution in [3.8, 4) is 0 Å². The number of aryl methyl sites for hydroxylation is 3. The molecule has 0 amide bonds. The van der Waals surface area contributed by atoms with E-state index in [1.807, 2.05) is 20.8 Å². The second kappa shape index (κ2) is 21.4. The van der Waals surface area contributed by atoms with Crippen molar-refractivity contribution in [2.45, 2.75) is 130 Å². The fourth-order valence-corrected chi connectivity index (χ4v) is 4.62. The van der Waals surface area contributed by atoms with E-state index in [2.05, 4.69) is 105 Å². The number of hydrogen-bond acceptors (Lipinski definition) is 6. The van der Waals surface area contributed by atoms with Gasteiger partial charge in [-0.15, -0.1) is 0 Å². The average molecular weight is 643 g/mol. The maximum Gasteiger partial charge on any atom is 0.335 e. The lowest BCUT2D eigenvalue weighted by atomic mass is 9.90. The fourth-order valence-electron chi connectivity index (χ4n) is 4.62. The molecule has 262 valence electrons. The number of benzene rings is 1. The third kappa shape index (κ3) is 15.3. The Kier molecular flexibility index (Phi) is 20.9. The van der Waals surface area contributed by atoms with Crippen molar-refractivity contribution in [2.75, 3.05) is 0 Å². The Hall–Kier alpha value is -3.36. The van der Waals surface area contributed by atoms with Crippen LogP contribution in [0.4, 0.5) is 0 Å². The fraction of sp³-hybridized carbons (Fsp3) is 0.676. The summed E-state index contributed by atoms with van der Waals surface area (Å²) in [6.45, 7) is 34.7. The summed E-state index contributed by atoms with van der Waals surface area (Å²) >= 11 is 0. The lowest BCUT2D eigenvalue weighted by Gasteiger charge is -2.15. The van der Waals surface area contributed by atoms with Gasteiger partial charge >= 0.3 is 17.1 Å². The molecule has 0 aliphatic heterocycles. The smallest absolute Gasteiger partial charge is 0.248 e. The first kappa shape index (κ1) is 44.8. The minimum absolute atomic E-state index is 0.608. The van der Waals surface area contributed by atoms with Gasteiger partial charge in [-0.05, 0) is 120 Å². The van der Waals surface area contributed by atoms with E-state index in [0.29, 0.717) is 0 Å². The molecule has 0 saturated carbocycles. The SMILES string of the molecule is CC(C)CC(C)C.CCC(C)CC.Cc1c(C)c(C)c(C)c(C)c1C.Cc1nc(C)nc(C)n1.Cn1c(=O)n(C)c(=O)n(C)c1=O. The van der Waals surface area contributed by atoms with Crippen molar-refractivity contribution in [1.82, 2.24) is 28.7 Å². The first-order valence-corrected chi connectivity index (χ1v) is 16.6. The third-order valence-electron chi connectivity index (χ3n) is 8.40. The van der Waals surface area contributed by atoms with Gasteiger partial charge < -0.3 is 0 Å². The molecule has 9 nitrogen and oxygen atoms in total. The number of nitrogens with zero attached hydrogens (tertiary/aromatic N) is 6. The molecule has 2 aromatic heterocycles. The minimum atomic E-state index is -0.608. The molecule has 46 heavy (non-hydrogen) atoms. The van der Waals surface area contributed by atoms with Gasteiger partial charge in [-0.1, -0.05) is 61.3 Å². The van der Waals surface area contributed by atoms with Crippen molar-refractivity contribution in [3.05, 3.63) is 82.3 Å². The van der Waals surface area contributed by atoms with Gasteiger partial charge in [0.05, 0.1) is 0 Å². The van der Waals surface area contributed by atoms with Crippen LogP contribution in [0.2, 0.25) is 0 Å². The van der Waals surface area contributed by atoms with Crippen LogP contribution in [0, 0.1) is 80.1 Å². The molecule has 0 radical (unpaired) electrons. The third-order valence-corrected chi connectivity index (χ3v) is 8.40. The van der Waals surface area contributed by atoms with E-state index < -0.39 is 17.1 Å². The van der Waals surface area contributed by atoms with Crippen molar-refractivity contribution in [3.63, 3.8) is 0 Å². The summed E-state index contributed by atoms with van der Waals surface area (Å²) < 4.78 is 2.63. The predicted octanol–water partition coefficient (Wildman–Crippen LogP) is 7.25. The van der Waals surface area contributed by atoms with E-state index in [-0.39, 0.29) is 0 Å². The predicted molar refractivity (Wildman–Crippen MR) is 195 cm³/mol. The monoisotopic (exact) mass is 643 g/mol. The molecule has 1 aromatic carbocycles. The van der Waals surface area contributed by atoms with Gasteiger partial charge in [0.2, 0.25) is 0 Å². The standard InChI is InChI=1S/C12H18.C7H16.C6H9N3O3.C6H9N3.C6H14/c1-7-8(2)10(4)12(6)11(5)9(7)3;1-6(2)5-7(3)4;1-7-4(10)8(2)6(12)9(3)5(7)11;1-4-7-5(2)9-6(3)8-4;1-4-6(3)5-2/h1-6H3;6-7H,5H2,1-4H3;1-3H3;1-3H3;6H,4-5H2,1-3H3. The molecule has 0 N–H and O–H groups in total. The molecule has 3 rings (SSSR count). The summed E-state index contributed by atoms with van der Waals surface area (Å²) in [5.74, 6) is 5.06. The molecule has 9 heteroatoms. The van der Waals surface area contributed by atoms with Gasteiger partial charge in [0.15, 0.2) is 0 Å². The molecular formula is C37H66N6O3. The molecule has 0 bridgehead atoms. The van der Waals surface area contributed by atoms with Gasteiger partial charge in [0.1, 0.15) is 17.5 Å². The Morgan fingerprint density at radius 2 is 0.652 bits per heavy atom. The maximum atomic E-state index is 11.1. The zero-order chi connectivity index (χ0) is 36.6. The van der Waals surface area contributed by atoms with E-state index in [9.17, 15) is 14.4 Å². The molecular weight excluding hydrogens is 576 g/mol. The van der Waals surface area contributed by atoms with Crippen LogP contribution in [-0.2, 0) is 21.1 Å². The van der Waals surface area contributed by atoms with Gasteiger partial charge in [-0.3, -0.25) is 0 Å². The van der Waals surface area contributed by atoms with Crippen molar-refractivity contribution in [2.24, 2.45) is 38.9 Å². The lowest BCUT2D eigenvalue weighted by Crippen LogP contribution is -2.51. The summed E-state index contributed by atoms with van der Waals surface area (Å²) in [6.07, 6.45) is 4.02. The van der Waals surface area contributed by atoms with Gasteiger partial charge in [0, 0.05) is 21.1 Å². The van der Waals surface area contributed by atoms with Crippen LogP contribution in [0.5, 0.6) is 0 Å². The molecule has 0 spiro atoms. The quantitative estimate of drug-likeness (QED) is 0.297. The van der Waals surface area contributed by atoms with E-state index in [1.54, 1.807) is 0 Å². The van der Waals surface area contributed by atoms with Crippen LogP contribution < -0.4 is 17.1 Å². The topological polar surface area (TPSA) is 105 Å². The number of rotatable bonds is 4. The Bertz CT molecular complexity index is 1280. The van der Waals surface area contributed by atoms with Crippen LogP contribution in [0.3, 0.4) is 0 Å². The van der Waals surface area contributed by atoms with Crippen molar-refractivity contribution in [1.29, 1.82) is 0 Å². The summed E-state index contributed by atoms with van der Waals surface area (Å²) in [7, 11) is 3.97. The number of hydrogen-bond donors (Lipinski definition) is 0. The second-order valence-corrected chi connectivity index (χ2v) is 13.2. The highest BCUT2D eigenvalue weighted by Gasteiger charge is 2.08. The Morgan fingerprint density at radius 1 is 0.457 bits per heavy atom. The Morgan fingerprint density at radius 3 is 0.761 bits per heavy atom.